The summed E-state index contributed by atoms with van der Waals surface area (Å²) in [4.78, 5) is 19.2. The minimum Gasteiger partial charge on any atom is -0.455 e. The highest BCUT2D eigenvalue weighted by Crippen LogP contribution is 2.36. The number of nitrogens with zero attached hydrogens (tertiary/aromatic N) is 4. The van der Waals surface area contributed by atoms with E-state index in [1.54, 1.807) is 6.20 Å². The van der Waals surface area contributed by atoms with Crippen molar-refractivity contribution >= 4 is 86.5 Å². The van der Waals surface area contributed by atoms with Gasteiger partial charge in [-0.1, -0.05) is 38.4 Å². The molecule has 0 bridgehead atoms. The minimum absolute atomic E-state index is 0. The fourth-order valence-corrected chi connectivity index (χ4v) is 4.63. The topological polar surface area (TPSA) is 160 Å². The van der Waals surface area contributed by atoms with Gasteiger partial charge in [-0.3, -0.25) is 4.79 Å². The number of carbonyl (C=O) groups is 1. The molecule has 1 amide bonds. The molecule has 3 heterocycles. The molecule has 7 N–H and O–H groups in total. The molecule has 0 radical (unpaired) electrons. The van der Waals surface area contributed by atoms with Crippen molar-refractivity contribution in [2.24, 2.45) is 22.6 Å². The van der Waals surface area contributed by atoms with Crippen LogP contribution in [0.2, 0.25) is 5.02 Å². The lowest BCUT2D eigenvalue weighted by molar-refractivity contribution is -0.121. The molecule has 2 aromatic carbocycles. The van der Waals surface area contributed by atoms with Crippen LogP contribution in [0.3, 0.4) is 0 Å². The van der Waals surface area contributed by atoms with Crippen molar-refractivity contribution in [1.82, 2.24) is 18.9 Å². The number of benzene rings is 2. The average Bonchev–Trinajstić information content (AvgIpc) is 3.54. The first-order valence-corrected chi connectivity index (χ1v) is 13.4. The van der Waals surface area contributed by atoms with Gasteiger partial charge in [0.1, 0.15) is 23.3 Å². The first-order valence-electron chi connectivity index (χ1n) is 12.2. The Hall–Kier alpha value is -3.19. The van der Waals surface area contributed by atoms with Crippen LogP contribution in [0.25, 0.3) is 21.1 Å². The van der Waals surface area contributed by atoms with E-state index in [1.165, 1.54) is 17.9 Å². The summed E-state index contributed by atoms with van der Waals surface area (Å²) < 4.78 is 13.4. The third-order valence-electron chi connectivity index (χ3n) is 5.93. The Bertz CT molecular complexity index is 1600. The number of hydrogen-bond donors (Lipinski definition) is 4. The van der Waals surface area contributed by atoms with Gasteiger partial charge < -0.3 is 31.8 Å². The molecule has 5 aromatic rings. The number of hydrogen-bond acceptors (Lipinski definition) is 9. The van der Waals surface area contributed by atoms with Crippen LogP contribution in [0.4, 0.5) is 11.5 Å². The molecule has 0 saturated carbocycles. The quantitative estimate of drug-likeness (QED) is 0.172. The molecular weight excluding hydrogens is 607 g/mol. The van der Waals surface area contributed by atoms with E-state index >= 15 is 0 Å². The van der Waals surface area contributed by atoms with Crippen molar-refractivity contribution in [2.75, 3.05) is 11.9 Å². The predicted octanol–water partition coefficient (Wildman–Crippen LogP) is 5.88. The number of aromatic nitrogens is 4. The van der Waals surface area contributed by atoms with Crippen molar-refractivity contribution < 1.29 is 9.53 Å². The fourth-order valence-electron chi connectivity index (χ4n) is 3.75. The smallest absolute Gasteiger partial charge is 0.234 e. The second-order valence-electron chi connectivity index (χ2n) is 9.87. The molecule has 41 heavy (non-hydrogen) atoms. The number of rotatable bonds is 7. The lowest BCUT2D eigenvalue weighted by Crippen LogP contribution is -2.46. The van der Waals surface area contributed by atoms with E-state index in [0.29, 0.717) is 29.7 Å². The van der Waals surface area contributed by atoms with Gasteiger partial charge in [0.15, 0.2) is 5.82 Å². The van der Waals surface area contributed by atoms with Gasteiger partial charge in [0.2, 0.25) is 5.91 Å². The Labute approximate surface area is 259 Å². The Kier molecular flexibility index (Phi) is 12.1. The number of primary amides is 1. The monoisotopic (exact) mass is 638 g/mol. The maximum absolute atomic E-state index is 10.4. The number of halogens is 3. The van der Waals surface area contributed by atoms with E-state index in [0.717, 1.165) is 32.6 Å². The van der Waals surface area contributed by atoms with Crippen LogP contribution in [-0.2, 0) is 11.3 Å². The summed E-state index contributed by atoms with van der Waals surface area (Å²) in [5.74, 6) is 1.54. The molecule has 0 saturated heterocycles. The summed E-state index contributed by atoms with van der Waals surface area (Å²) in [5, 5.41) is 4.78. The van der Waals surface area contributed by atoms with Crippen LogP contribution in [0.15, 0.2) is 61.2 Å². The molecule has 14 heteroatoms. The minimum atomic E-state index is -0.544. The van der Waals surface area contributed by atoms with Gasteiger partial charge in [0.25, 0.3) is 0 Å². The van der Waals surface area contributed by atoms with Crippen molar-refractivity contribution in [2.45, 2.75) is 33.4 Å². The molecule has 0 fully saturated rings. The van der Waals surface area contributed by atoms with Crippen molar-refractivity contribution in [3.05, 3.63) is 66.2 Å². The van der Waals surface area contributed by atoms with Gasteiger partial charge in [-0.25, -0.2) is 9.97 Å². The lowest BCUT2D eigenvalue weighted by atomic mass is 9.87. The van der Waals surface area contributed by atoms with E-state index in [1.807, 2.05) is 74.0 Å². The zero-order valence-electron chi connectivity index (χ0n) is 22.7. The number of carbonyl (C=O) groups excluding carboxylic acids is 1. The maximum atomic E-state index is 10.4. The summed E-state index contributed by atoms with van der Waals surface area (Å²) in [6.45, 7) is 6.84. The van der Waals surface area contributed by atoms with E-state index in [2.05, 4.69) is 19.7 Å². The molecule has 1 unspecified atom stereocenters. The van der Waals surface area contributed by atoms with Gasteiger partial charge in [-0.15, -0.1) is 24.8 Å². The van der Waals surface area contributed by atoms with E-state index in [4.69, 9.17) is 33.5 Å². The molecule has 5 rings (SSSR count). The van der Waals surface area contributed by atoms with Crippen molar-refractivity contribution in [1.29, 1.82) is 0 Å². The lowest BCUT2D eigenvalue weighted by Gasteiger charge is -2.23. The molecule has 10 nitrogen and oxygen atoms in total. The molecule has 0 aliphatic rings. The van der Waals surface area contributed by atoms with Gasteiger partial charge in [0.05, 0.1) is 32.9 Å². The van der Waals surface area contributed by atoms with Crippen LogP contribution >= 0.6 is 47.9 Å². The number of nitrogens with one attached hydrogen (secondary N) is 1. The average molecular weight is 640 g/mol. The van der Waals surface area contributed by atoms with E-state index in [-0.39, 0.29) is 30.2 Å². The van der Waals surface area contributed by atoms with Gasteiger partial charge in [0, 0.05) is 25.0 Å². The van der Waals surface area contributed by atoms with Gasteiger partial charge >= 0.3 is 0 Å². The summed E-state index contributed by atoms with van der Waals surface area (Å²) >= 11 is 7.95. The summed E-state index contributed by atoms with van der Waals surface area (Å²) in [6, 6.07) is 12.8. The highest BCUT2D eigenvalue weighted by Gasteiger charge is 2.24. The largest absolute Gasteiger partial charge is 0.455 e. The predicted molar refractivity (Wildman–Crippen MR) is 172 cm³/mol. The Morgan fingerprint density at radius 1 is 1.15 bits per heavy atom. The second-order valence-corrected chi connectivity index (χ2v) is 11.1. The van der Waals surface area contributed by atoms with Crippen LogP contribution in [0, 0.1) is 5.41 Å². The molecule has 1 atom stereocenters. The standard InChI is InChI=1S/C21H17ClN6OS.C6H14N2O.2ClH/c22-15-10-13(27-21-20-16(24-12-25-21)6-8-28(20)9-7-23)4-5-18(15)29-17-2-1-3-19-14(17)11-26-30-19;1-6(2,3)4(7)5(8)9;;/h1-6,8,10-12H,7,9,23H2,(H,24,25,27);4H,7H2,1-3H3,(H2,8,9);2*1H. The Morgan fingerprint density at radius 2 is 1.90 bits per heavy atom. The summed E-state index contributed by atoms with van der Waals surface area (Å²) in [5.41, 5.74) is 18.4. The third-order valence-corrected chi connectivity index (χ3v) is 6.99. The van der Waals surface area contributed by atoms with Crippen LogP contribution < -0.4 is 27.3 Å². The summed E-state index contributed by atoms with van der Waals surface area (Å²) in [6.07, 6.45) is 5.29. The third kappa shape index (κ3) is 8.19. The molecule has 0 aliphatic heterocycles. The number of amides is 1. The molecular formula is C27H33Cl3N8O2S. The highest BCUT2D eigenvalue weighted by atomic mass is 35.5. The zero-order chi connectivity index (χ0) is 28.2. The number of fused-ring (bicyclic) bond motifs is 2. The Balaban J connectivity index is 0.000000468. The molecule has 0 aliphatic carbocycles. The normalized spacial score (nSPS) is 11.6. The van der Waals surface area contributed by atoms with Gasteiger partial charge in [-0.2, -0.15) is 4.37 Å². The molecule has 3 aromatic heterocycles. The first kappa shape index (κ1) is 34.0. The fraction of sp³-hybridized carbons (Fsp3) is 0.259. The van der Waals surface area contributed by atoms with Gasteiger partial charge in [-0.05, 0) is 53.3 Å². The summed E-state index contributed by atoms with van der Waals surface area (Å²) in [7, 11) is 0. The molecule has 0 spiro atoms. The van der Waals surface area contributed by atoms with Crippen LogP contribution in [-0.4, -0.2) is 37.4 Å². The van der Waals surface area contributed by atoms with Crippen LogP contribution in [0.1, 0.15) is 20.8 Å². The number of anilines is 2. The van der Waals surface area contributed by atoms with E-state index < -0.39 is 11.9 Å². The zero-order valence-corrected chi connectivity index (χ0v) is 25.9. The Morgan fingerprint density at radius 3 is 2.54 bits per heavy atom. The first-order chi connectivity index (χ1) is 18.6. The maximum Gasteiger partial charge on any atom is 0.234 e. The number of ether oxygens (including phenoxy) is 1. The van der Waals surface area contributed by atoms with E-state index in [9.17, 15) is 4.79 Å². The molecule has 220 valence electrons. The highest BCUT2D eigenvalue weighted by molar-refractivity contribution is 7.13. The SMILES string of the molecule is CC(C)(C)C(N)C(N)=O.Cl.Cl.NCCn1ccc2ncnc(Nc3ccc(Oc4cccc5sncc45)c(Cl)c3)c21. The van der Waals surface area contributed by atoms with Crippen molar-refractivity contribution in [3.63, 3.8) is 0 Å². The van der Waals surface area contributed by atoms with Crippen LogP contribution in [0.5, 0.6) is 11.5 Å². The number of nitrogens with two attached hydrogens (primary N) is 3. The van der Waals surface area contributed by atoms with Crippen molar-refractivity contribution in [3.8, 4) is 11.5 Å². The second kappa shape index (κ2) is 14.6.